The van der Waals surface area contributed by atoms with Gasteiger partial charge in [-0.05, 0) is 17.2 Å². The Morgan fingerprint density at radius 2 is 1.69 bits per heavy atom. The number of hydrogen-bond acceptors (Lipinski definition) is 3. The van der Waals surface area contributed by atoms with Gasteiger partial charge in [-0.3, -0.25) is 0 Å². The standard InChI is InChI=1S/C13H11NO2/c15-13-8-4-7-11(12(13)9-14-16)10-5-2-1-3-6-10/h1-9,15-16H. The van der Waals surface area contributed by atoms with Crippen LogP contribution >= 0.6 is 0 Å². The summed E-state index contributed by atoms with van der Waals surface area (Å²) in [6.45, 7) is 0. The second kappa shape index (κ2) is 4.49. The first-order valence-corrected chi connectivity index (χ1v) is 4.88. The van der Waals surface area contributed by atoms with Crippen LogP contribution in [-0.2, 0) is 0 Å². The second-order valence-electron chi connectivity index (χ2n) is 3.35. The number of benzene rings is 2. The van der Waals surface area contributed by atoms with Crippen LogP contribution < -0.4 is 0 Å². The Kier molecular flexibility index (Phi) is 2.87. The normalized spacial score (nSPS) is 10.8. The maximum absolute atomic E-state index is 9.68. The first kappa shape index (κ1) is 10.2. The van der Waals surface area contributed by atoms with Crippen LogP contribution in [0.25, 0.3) is 11.1 Å². The Morgan fingerprint density at radius 1 is 0.938 bits per heavy atom. The van der Waals surface area contributed by atoms with E-state index in [1.54, 1.807) is 12.1 Å². The van der Waals surface area contributed by atoms with Crippen LogP contribution in [0.1, 0.15) is 5.56 Å². The summed E-state index contributed by atoms with van der Waals surface area (Å²) in [5.41, 5.74) is 2.31. The molecule has 0 heterocycles. The SMILES string of the molecule is ON=Cc1c(O)cccc1-c1ccccc1. The molecule has 0 aromatic heterocycles. The van der Waals surface area contributed by atoms with Crippen molar-refractivity contribution in [3.05, 3.63) is 54.1 Å². The van der Waals surface area contributed by atoms with Gasteiger partial charge in [0.15, 0.2) is 0 Å². The molecule has 0 atom stereocenters. The van der Waals surface area contributed by atoms with Crippen molar-refractivity contribution in [2.45, 2.75) is 0 Å². The van der Waals surface area contributed by atoms with Crippen molar-refractivity contribution in [2.75, 3.05) is 0 Å². The molecule has 16 heavy (non-hydrogen) atoms. The van der Waals surface area contributed by atoms with Crippen LogP contribution in [0, 0.1) is 0 Å². The van der Waals surface area contributed by atoms with E-state index in [9.17, 15) is 5.11 Å². The third kappa shape index (κ3) is 1.88. The van der Waals surface area contributed by atoms with Crippen molar-refractivity contribution >= 4 is 6.21 Å². The molecule has 3 nitrogen and oxygen atoms in total. The van der Waals surface area contributed by atoms with E-state index >= 15 is 0 Å². The van der Waals surface area contributed by atoms with E-state index < -0.39 is 0 Å². The van der Waals surface area contributed by atoms with Gasteiger partial charge in [0.1, 0.15) is 5.75 Å². The maximum atomic E-state index is 9.68. The predicted octanol–water partition coefficient (Wildman–Crippen LogP) is 2.87. The van der Waals surface area contributed by atoms with E-state index in [1.165, 1.54) is 6.21 Å². The summed E-state index contributed by atoms with van der Waals surface area (Å²) < 4.78 is 0. The van der Waals surface area contributed by atoms with Crippen molar-refractivity contribution in [2.24, 2.45) is 5.16 Å². The Balaban J connectivity index is 2.61. The molecule has 0 radical (unpaired) electrons. The van der Waals surface area contributed by atoms with Crippen molar-refractivity contribution < 1.29 is 10.3 Å². The van der Waals surface area contributed by atoms with Gasteiger partial charge in [-0.1, -0.05) is 47.6 Å². The summed E-state index contributed by atoms with van der Waals surface area (Å²) in [6.07, 6.45) is 1.23. The van der Waals surface area contributed by atoms with Gasteiger partial charge >= 0.3 is 0 Å². The summed E-state index contributed by atoms with van der Waals surface area (Å²) in [5.74, 6) is 0.0964. The monoisotopic (exact) mass is 213 g/mol. The molecule has 0 aliphatic carbocycles. The van der Waals surface area contributed by atoms with Crippen molar-refractivity contribution in [3.8, 4) is 16.9 Å². The first-order valence-electron chi connectivity index (χ1n) is 4.88. The molecule has 3 heteroatoms. The number of oxime groups is 1. The zero-order chi connectivity index (χ0) is 11.4. The number of phenolic OH excluding ortho intramolecular Hbond substituents is 1. The lowest BCUT2D eigenvalue weighted by Gasteiger charge is -2.07. The molecular formula is C13H11NO2. The van der Waals surface area contributed by atoms with Crippen LogP contribution in [0.5, 0.6) is 5.75 Å². The van der Waals surface area contributed by atoms with Gasteiger partial charge in [0, 0.05) is 5.56 Å². The van der Waals surface area contributed by atoms with Gasteiger partial charge in [-0.2, -0.15) is 0 Å². The molecule has 0 saturated heterocycles. The Labute approximate surface area is 93.3 Å². The van der Waals surface area contributed by atoms with E-state index in [-0.39, 0.29) is 5.75 Å². The highest BCUT2D eigenvalue weighted by Crippen LogP contribution is 2.28. The average Bonchev–Trinajstić information content (AvgIpc) is 2.33. The lowest BCUT2D eigenvalue weighted by Crippen LogP contribution is -1.88. The topological polar surface area (TPSA) is 52.8 Å². The molecule has 0 aliphatic rings. The van der Waals surface area contributed by atoms with Crippen molar-refractivity contribution in [3.63, 3.8) is 0 Å². The van der Waals surface area contributed by atoms with Crippen LogP contribution in [0.3, 0.4) is 0 Å². The molecule has 0 bridgehead atoms. The third-order valence-electron chi connectivity index (χ3n) is 2.35. The average molecular weight is 213 g/mol. The molecule has 0 unspecified atom stereocenters. The summed E-state index contributed by atoms with van der Waals surface area (Å²) >= 11 is 0. The van der Waals surface area contributed by atoms with Crippen LogP contribution in [-0.4, -0.2) is 16.5 Å². The third-order valence-corrected chi connectivity index (χ3v) is 2.35. The molecule has 2 aromatic carbocycles. The minimum absolute atomic E-state index is 0.0964. The summed E-state index contributed by atoms with van der Waals surface area (Å²) in [4.78, 5) is 0. The molecule has 0 aliphatic heterocycles. The molecule has 0 fully saturated rings. The molecule has 2 N–H and O–H groups in total. The highest BCUT2D eigenvalue weighted by atomic mass is 16.4. The highest BCUT2D eigenvalue weighted by Gasteiger charge is 2.07. The molecule has 0 saturated carbocycles. The Hall–Kier alpha value is -2.29. The zero-order valence-electron chi connectivity index (χ0n) is 8.54. The van der Waals surface area contributed by atoms with Gasteiger partial charge in [-0.15, -0.1) is 0 Å². The minimum Gasteiger partial charge on any atom is -0.507 e. The summed E-state index contributed by atoms with van der Waals surface area (Å²) in [6, 6.07) is 14.8. The Morgan fingerprint density at radius 3 is 2.38 bits per heavy atom. The summed E-state index contributed by atoms with van der Waals surface area (Å²) in [5, 5.41) is 21.2. The number of hydrogen-bond donors (Lipinski definition) is 2. The largest absolute Gasteiger partial charge is 0.507 e. The van der Waals surface area contributed by atoms with Gasteiger partial charge in [0.25, 0.3) is 0 Å². The number of phenols is 1. The lowest BCUT2D eigenvalue weighted by molar-refractivity contribution is 0.321. The van der Waals surface area contributed by atoms with Crippen molar-refractivity contribution in [1.29, 1.82) is 0 Å². The lowest BCUT2D eigenvalue weighted by atomic mass is 10.00. The van der Waals surface area contributed by atoms with E-state index in [1.807, 2.05) is 36.4 Å². The van der Waals surface area contributed by atoms with Gasteiger partial charge in [-0.25, -0.2) is 0 Å². The number of rotatable bonds is 2. The van der Waals surface area contributed by atoms with Gasteiger partial charge < -0.3 is 10.3 Å². The fourth-order valence-corrected chi connectivity index (χ4v) is 1.62. The van der Waals surface area contributed by atoms with Gasteiger partial charge in [0.2, 0.25) is 0 Å². The quantitative estimate of drug-likeness (QED) is 0.458. The van der Waals surface area contributed by atoms with Crippen LogP contribution in [0.15, 0.2) is 53.7 Å². The van der Waals surface area contributed by atoms with Gasteiger partial charge in [0.05, 0.1) is 6.21 Å². The zero-order valence-corrected chi connectivity index (χ0v) is 8.54. The van der Waals surface area contributed by atoms with Crippen LogP contribution in [0.4, 0.5) is 0 Å². The summed E-state index contributed by atoms with van der Waals surface area (Å²) in [7, 11) is 0. The molecular weight excluding hydrogens is 202 g/mol. The van der Waals surface area contributed by atoms with E-state index in [0.29, 0.717) is 5.56 Å². The number of nitrogens with zero attached hydrogens (tertiary/aromatic N) is 1. The smallest absolute Gasteiger partial charge is 0.125 e. The fraction of sp³-hybridized carbons (Fsp3) is 0. The first-order chi connectivity index (χ1) is 7.83. The van der Waals surface area contributed by atoms with Crippen molar-refractivity contribution in [1.82, 2.24) is 0 Å². The molecule has 2 rings (SSSR count). The molecule has 0 spiro atoms. The maximum Gasteiger partial charge on any atom is 0.125 e. The molecule has 0 amide bonds. The van der Waals surface area contributed by atoms with E-state index in [4.69, 9.17) is 5.21 Å². The van der Waals surface area contributed by atoms with E-state index in [0.717, 1.165) is 11.1 Å². The van der Waals surface area contributed by atoms with E-state index in [2.05, 4.69) is 5.16 Å². The Bertz CT molecular complexity index is 507. The molecule has 80 valence electrons. The fourth-order valence-electron chi connectivity index (χ4n) is 1.62. The predicted molar refractivity (Wildman–Crippen MR) is 62.9 cm³/mol. The second-order valence-corrected chi connectivity index (χ2v) is 3.35. The minimum atomic E-state index is 0.0964. The molecule has 2 aromatic rings. The van der Waals surface area contributed by atoms with Crippen LogP contribution in [0.2, 0.25) is 0 Å². The number of aromatic hydroxyl groups is 1. The highest BCUT2D eigenvalue weighted by molar-refractivity contribution is 5.93.